The molecular formula is C14H17N3. The van der Waals surface area contributed by atoms with Crippen LogP contribution < -0.4 is 5.32 Å². The van der Waals surface area contributed by atoms with Crippen LogP contribution in [0, 0.1) is 6.92 Å². The Labute approximate surface area is 102 Å². The third-order valence-corrected chi connectivity index (χ3v) is 2.52. The van der Waals surface area contributed by atoms with Crippen molar-refractivity contribution in [1.82, 2.24) is 15.3 Å². The number of hydrogen-bond acceptors (Lipinski definition) is 3. The number of rotatable bonds is 4. The molecular weight excluding hydrogens is 210 g/mol. The van der Waals surface area contributed by atoms with E-state index in [4.69, 9.17) is 0 Å². The Hall–Kier alpha value is -1.74. The van der Waals surface area contributed by atoms with Crippen molar-refractivity contribution >= 4 is 0 Å². The van der Waals surface area contributed by atoms with Gasteiger partial charge in [0.15, 0.2) is 0 Å². The van der Waals surface area contributed by atoms with E-state index >= 15 is 0 Å². The van der Waals surface area contributed by atoms with Crippen LogP contribution in [0.4, 0.5) is 0 Å². The summed E-state index contributed by atoms with van der Waals surface area (Å²) < 4.78 is 0. The lowest BCUT2D eigenvalue weighted by Crippen LogP contribution is -2.10. The van der Waals surface area contributed by atoms with Gasteiger partial charge in [0.05, 0.1) is 5.69 Å². The van der Waals surface area contributed by atoms with Gasteiger partial charge in [0.1, 0.15) is 5.82 Å². The van der Waals surface area contributed by atoms with E-state index in [9.17, 15) is 0 Å². The van der Waals surface area contributed by atoms with E-state index in [2.05, 4.69) is 27.4 Å². The molecule has 0 aliphatic carbocycles. The van der Waals surface area contributed by atoms with Crippen LogP contribution in [-0.2, 0) is 13.0 Å². The van der Waals surface area contributed by atoms with Gasteiger partial charge in [-0.05, 0) is 25.6 Å². The third-order valence-electron chi connectivity index (χ3n) is 2.52. The molecule has 0 bridgehead atoms. The van der Waals surface area contributed by atoms with Crippen molar-refractivity contribution in [2.24, 2.45) is 0 Å². The molecule has 1 aromatic carbocycles. The molecule has 0 aliphatic heterocycles. The van der Waals surface area contributed by atoms with E-state index in [0.717, 1.165) is 30.2 Å². The Kier molecular flexibility index (Phi) is 3.83. The minimum atomic E-state index is 0.783. The first-order chi connectivity index (χ1) is 8.28. The van der Waals surface area contributed by atoms with E-state index in [1.54, 1.807) is 0 Å². The van der Waals surface area contributed by atoms with E-state index in [0.29, 0.717) is 0 Å². The van der Waals surface area contributed by atoms with Crippen LogP contribution >= 0.6 is 0 Å². The fourth-order valence-electron chi connectivity index (χ4n) is 1.83. The molecule has 0 atom stereocenters. The maximum Gasteiger partial charge on any atom is 0.133 e. The van der Waals surface area contributed by atoms with E-state index < -0.39 is 0 Å². The summed E-state index contributed by atoms with van der Waals surface area (Å²) in [7, 11) is 1.92. The molecule has 88 valence electrons. The van der Waals surface area contributed by atoms with Crippen LogP contribution in [0.15, 0.2) is 36.4 Å². The summed E-state index contributed by atoms with van der Waals surface area (Å²) in [6.45, 7) is 2.79. The van der Waals surface area contributed by atoms with Crippen LogP contribution in [0.5, 0.6) is 0 Å². The molecule has 3 heteroatoms. The van der Waals surface area contributed by atoms with Crippen molar-refractivity contribution in [3.05, 3.63) is 59.2 Å². The van der Waals surface area contributed by atoms with Gasteiger partial charge in [-0.15, -0.1) is 0 Å². The third kappa shape index (κ3) is 3.36. The predicted octanol–water partition coefficient (Wildman–Crippen LogP) is 2.10. The molecule has 1 heterocycles. The van der Waals surface area contributed by atoms with Crippen molar-refractivity contribution in [2.45, 2.75) is 19.9 Å². The Morgan fingerprint density at radius 3 is 2.59 bits per heavy atom. The van der Waals surface area contributed by atoms with Gasteiger partial charge in [0.25, 0.3) is 0 Å². The minimum Gasteiger partial charge on any atom is -0.314 e. The van der Waals surface area contributed by atoms with Gasteiger partial charge < -0.3 is 5.32 Å². The van der Waals surface area contributed by atoms with Crippen molar-refractivity contribution in [3.63, 3.8) is 0 Å². The van der Waals surface area contributed by atoms with Gasteiger partial charge in [-0.2, -0.15) is 0 Å². The van der Waals surface area contributed by atoms with Crippen LogP contribution in [0.1, 0.15) is 22.8 Å². The summed E-state index contributed by atoms with van der Waals surface area (Å²) in [5.41, 5.74) is 3.32. The average Bonchev–Trinajstić information content (AvgIpc) is 2.30. The zero-order chi connectivity index (χ0) is 12.1. The molecule has 17 heavy (non-hydrogen) atoms. The number of aryl methyl sites for hydroxylation is 1. The maximum atomic E-state index is 4.54. The van der Waals surface area contributed by atoms with Gasteiger partial charge in [-0.3, -0.25) is 0 Å². The van der Waals surface area contributed by atoms with Crippen LogP contribution in [0.3, 0.4) is 0 Å². The van der Waals surface area contributed by atoms with Gasteiger partial charge in [0.2, 0.25) is 0 Å². The molecule has 0 amide bonds. The fourth-order valence-corrected chi connectivity index (χ4v) is 1.83. The molecule has 3 nitrogen and oxygen atoms in total. The Morgan fingerprint density at radius 2 is 1.88 bits per heavy atom. The normalized spacial score (nSPS) is 10.5. The van der Waals surface area contributed by atoms with Crippen LogP contribution in [0.2, 0.25) is 0 Å². The number of hydrogen-bond donors (Lipinski definition) is 1. The van der Waals surface area contributed by atoms with E-state index in [-0.39, 0.29) is 0 Å². The lowest BCUT2D eigenvalue weighted by atomic mass is 10.1. The summed E-state index contributed by atoms with van der Waals surface area (Å²) in [5, 5.41) is 3.11. The lowest BCUT2D eigenvalue weighted by molar-refractivity contribution is 0.767. The van der Waals surface area contributed by atoms with E-state index in [1.165, 1.54) is 5.56 Å². The van der Waals surface area contributed by atoms with Gasteiger partial charge >= 0.3 is 0 Å². The molecule has 0 spiro atoms. The maximum absolute atomic E-state index is 4.54. The standard InChI is InChI=1S/C14H17N3/c1-11-8-13(10-15-2)17-14(16-11)9-12-6-4-3-5-7-12/h3-8,15H,9-10H2,1-2H3. The molecule has 0 fully saturated rings. The SMILES string of the molecule is CNCc1cc(C)nc(Cc2ccccc2)n1. The molecule has 0 aliphatic rings. The molecule has 0 saturated heterocycles. The van der Waals surface area contributed by atoms with Gasteiger partial charge in [0, 0.05) is 18.7 Å². The highest BCUT2D eigenvalue weighted by molar-refractivity contribution is 5.20. The Morgan fingerprint density at radius 1 is 1.12 bits per heavy atom. The zero-order valence-electron chi connectivity index (χ0n) is 10.3. The zero-order valence-corrected chi connectivity index (χ0v) is 10.3. The summed E-state index contributed by atoms with van der Waals surface area (Å²) >= 11 is 0. The van der Waals surface area contributed by atoms with Crippen molar-refractivity contribution in [1.29, 1.82) is 0 Å². The highest BCUT2D eigenvalue weighted by Gasteiger charge is 2.02. The number of aromatic nitrogens is 2. The second-order valence-corrected chi connectivity index (χ2v) is 4.11. The Balaban J connectivity index is 2.21. The average molecular weight is 227 g/mol. The molecule has 0 radical (unpaired) electrons. The van der Waals surface area contributed by atoms with Crippen LogP contribution in [0.25, 0.3) is 0 Å². The quantitative estimate of drug-likeness (QED) is 0.869. The largest absolute Gasteiger partial charge is 0.314 e. The Bertz CT molecular complexity index is 480. The smallest absolute Gasteiger partial charge is 0.133 e. The summed E-state index contributed by atoms with van der Waals surface area (Å²) in [6.07, 6.45) is 0.791. The minimum absolute atomic E-state index is 0.783. The fraction of sp³-hybridized carbons (Fsp3) is 0.286. The van der Waals surface area contributed by atoms with Crippen molar-refractivity contribution in [3.8, 4) is 0 Å². The monoisotopic (exact) mass is 227 g/mol. The second kappa shape index (κ2) is 5.55. The molecule has 1 aromatic heterocycles. The first-order valence-electron chi connectivity index (χ1n) is 5.80. The molecule has 0 saturated carbocycles. The topological polar surface area (TPSA) is 37.8 Å². The number of nitrogens with one attached hydrogen (secondary N) is 1. The molecule has 2 rings (SSSR count). The highest BCUT2D eigenvalue weighted by atomic mass is 14.9. The molecule has 0 unspecified atom stereocenters. The highest BCUT2D eigenvalue weighted by Crippen LogP contribution is 2.07. The van der Waals surface area contributed by atoms with Crippen molar-refractivity contribution in [2.75, 3.05) is 7.05 Å². The predicted molar refractivity (Wildman–Crippen MR) is 68.8 cm³/mol. The number of nitrogens with zero attached hydrogens (tertiary/aromatic N) is 2. The first-order valence-corrected chi connectivity index (χ1v) is 5.80. The van der Waals surface area contributed by atoms with Crippen molar-refractivity contribution < 1.29 is 0 Å². The summed E-state index contributed by atoms with van der Waals surface area (Å²) in [6, 6.07) is 12.3. The molecule has 2 aromatic rings. The van der Waals surface area contributed by atoms with E-state index in [1.807, 2.05) is 38.2 Å². The summed E-state index contributed by atoms with van der Waals surface area (Å²) in [4.78, 5) is 9.02. The van der Waals surface area contributed by atoms with Gasteiger partial charge in [-0.25, -0.2) is 9.97 Å². The lowest BCUT2D eigenvalue weighted by Gasteiger charge is -2.05. The van der Waals surface area contributed by atoms with Gasteiger partial charge in [-0.1, -0.05) is 30.3 Å². The summed E-state index contributed by atoms with van der Waals surface area (Å²) in [5.74, 6) is 0.890. The van der Waals surface area contributed by atoms with Crippen LogP contribution in [-0.4, -0.2) is 17.0 Å². The first kappa shape index (κ1) is 11.7. The number of benzene rings is 1. The molecule has 1 N–H and O–H groups in total. The second-order valence-electron chi connectivity index (χ2n) is 4.11.